The summed E-state index contributed by atoms with van der Waals surface area (Å²) in [6.07, 6.45) is -3.78. The van der Waals surface area contributed by atoms with E-state index in [1.165, 1.54) is 12.1 Å². The number of hydrogen-bond donors (Lipinski definition) is 1. The van der Waals surface area contributed by atoms with Gasteiger partial charge in [-0.05, 0) is 18.2 Å². The van der Waals surface area contributed by atoms with Gasteiger partial charge in [0.25, 0.3) is 0 Å². The Hall–Kier alpha value is -1.96. The highest BCUT2D eigenvalue weighted by atomic mass is 32.1. The van der Waals surface area contributed by atoms with E-state index in [-0.39, 0.29) is 27.5 Å². The molecule has 1 aromatic heterocycles. The largest absolute Gasteiger partial charge is 0.443 e. The predicted octanol–water partition coefficient (Wildman–Crippen LogP) is 3.11. The molecule has 2 N–H and O–H groups in total. The fourth-order valence-corrected chi connectivity index (χ4v) is 2.07. The maximum absolute atomic E-state index is 13.2. The fraction of sp³-hybridized carbons (Fsp3) is 0.0909. The minimum absolute atomic E-state index is 0.0796. The molecule has 0 atom stereocenters. The van der Waals surface area contributed by atoms with Gasteiger partial charge in [0.2, 0.25) is 5.78 Å². The Balaban J connectivity index is 2.34. The number of nitrogens with two attached hydrogens (primary N) is 1. The molecule has 2 aromatic rings. The summed E-state index contributed by atoms with van der Waals surface area (Å²) in [5.41, 5.74) is 5.02. The Morgan fingerprint density at radius 1 is 1.32 bits per heavy atom. The van der Waals surface area contributed by atoms with E-state index in [0.29, 0.717) is 0 Å². The van der Waals surface area contributed by atoms with Crippen molar-refractivity contribution in [3.63, 3.8) is 0 Å². The van der Waals surface area contributed by atoms with Crippen LogP contribution in [0.3, 0.4) is 0 Å². The zero-order valence-electron chi connectivity index (χ0n) is 9.16. The number of alkyl halides is 3. The lowest BCUT2D eigenvalue weighted by Gasteiger charge is -2.01. The van der Waals surface area contributed by atoms with Crippen molar-refractivity contribution >= 4 is 22.8 Å². The molecule has 0 saturated carbocycles. The quantitative estimate of drug-likeness (QED) is 0.525. The Bertz CT molecular complexity index is 636. The van der Waals surface area contributed by atoms with E-state index in [1.807, 2.05) is 0 Å². The predicted molar refractivity (Wildman–Crippen MR) is 61.4 cm³/mol. The number of thiazole rings is 1. The van der Waals surface area contributed by atoms with Gasteiger partial charge in [-0.15, -0.1) is 11.3 Å². The van der Waals surface area contributed by atoms with Gasteiger partial charge in [0, 0.05) is 11.8 Å². The summed E-state index contributed by atoms with van der Waals surface area (Å²) in [7, 11) is 0. The first-order valence-corrected chi connectivity index (χ1v) is 5.73. The summed E-state index contributed by atoms with van der Waals surface area (Å²) in [6.45, 7) is 0. The fourth-order valence-electron chi connectivity index (χ4n) is 1.32. The number of benzene rings is 1. The molecule has 0 aliphatic rings. The smallest absolute Gasteiger partial charge is 0.396 e. The van der Waals surface area contributed by atoms with E-state index >= 15 is 0 Å². The number of ketones is 1. The summed E-state index contributed by atoms with van der Waals surface area (Å²) in [5, 5.41) is -1.12. The van der Waals surface area contributed by atoms with E-state index in [0.717, 1.165) is 12.3 Å². The highest BCUT2D eigenvalue weighted by Crippen LogP contribution is 2.33. The van der Waals surface area contributed by atoms with Crippen LogP contribution in [0.5, 0.6) is 0 Å². The first kappa shape index (κ1) is 13.5. The van der Waals surface area contributed by atoms with Gasteiger partial charge < -0.3 is 5.73 Å². The molecule has 8 heteroatoms. The van der Waals surface area contributed by atoms with Gasteiger partial charge >= 0.3 is 6.18 Å². The van der Waals surface area contributed by atoms with Crippen molar-refractivity contribution in [1.82, 2.24) is 4.98 Å². The Kier molecular flexibility index (Phi) is 3.27. The van der Waals surface area contributed by atoms with Crippen LogP contribution in [0.25, 0.3) is 0 Å². The van der Waals surface area contributed by atoms with E-state index in [1.54, 1.807) is 0 Å². The van der Waals surface area contributed by atoms with Crippen LogP contribution in [-0.4, -0.2) is 10.8 Å². The number of nitrogen functional groups attached to an aromatic ring is 1. The molecule has 1 aromatic carbocycles. The lowest BCUT2D eigenvalue weighted by Crippen LogP contribution is -2.03. The van der Waals surface area contributed by atoms with Gasteiger partial charge in [-0.1, -0.05) is 0 Å². The average Bonchev–Trinajstić information content (AvgIpc) is 2.81. The van der Waals surface area contributed by atoms with Crippen LogP contribution in [0.1, 0.15) is 20.2 Å². The Morgan fingerprint density at radius 2 is 2.00 bits per heavy atom. The molecule has 0 bridgehead atoms. The molecular formula is C11H6F4N2OS. The monoisotopic (exact) mass is 290 g/mol. The molecule has 0 saturated heterocycles. The third-order valence-electron chi connectivity index (χ3n) is 2.23. The molecular weight excluding hydrogens is 284 g/mol. The Morgan fingerprint density at radius 3 is 2.53 bits per heavy atom. The SMILES string of the molecule is Nc1ccc(C(=O)c2cnc(C(F)(F)F)s2)cc1F. The third-order valence-corrected chi connectivity index (χ3v) is 3.28. The number of hydrogen-bond acceptors (Lipinski definition) is 4. The number of nitrogens with zero attached hydrogens (tertiary/aromatic N) is 1. The zero-order chi connectivity index (χ0) is 14.2. The van der Waals surface area contributed by atoms with Gasteiger partial charge in [-0.2, -0.15) is 13.2 Å². The minimum Gasteiger partial charge on any atom is -0.396 e. The highest BCUT2D eigenvalue weighted by Gasteiger charge is 2.35. The maximum atomic E-state index is 13.2. The molecule has 0 radical (unpaired) electrons. The summed E-state index contributed by atoms with van der Waals surface area (Å²) in [6, 6.07) is 3.30. The van der Waals surface area contributed by atoms with Crippen molar-refractivity contribution < 1.29 is 22.4 Å². The minimum atomic E-state index is -4.60. The number of anilines is 1. The van der Waals surface area contributed by atoms with Crippen molar-refractivity contribution in [3.8, 4) is 0 Å². The molecule has 0 aliphatic heterocycles. The lowest BCUT2D eigenvalue weighted by molar-refractivity contribution is -0.137. The van der Waals surface area contributed by atoms with E-state index in [2.05, 4.69) is 4.98 Å². The molecule has 0 aliphatic carbocycles. The second-order valence-corrected chi connectivity index (χ2v) is 4.62. The van der Waals surface area contributed by atoms with Crippen LogP contribution in [0.4, 0.5) is 23.2 Å². The molecule has 0 spiro atoms. The number of carbonyl (C=O) groups is 1. The highest BCUT2D eigenvalue weighted by molar-refractivity contribution is 7.13. The van der Waals surface area contributed by atoms with E-state index in [4.69, 9.17) is 5.73 Å². The first-order chi connectivity index (χ1) is 8.79. The molecule has 0 unspecified atom stereocenters. The molecule has 0 fully saturated rings. The maximum Gasteiger partial charge on any atom is 0.443 e. The van der Waals surface area contributed by atoms with Gasteiger partial charge in [-0.3, -0.25) is 4.79 Å². The van der Waals surface area contributed by atoms with Crippen LogP contribution in [0.15, 0.2) is 24.4 Å². The van der Waals surface area contributed by atoms with Crippen LogP contribution in [-0.2, 0) is 6.18 Å². The zero-order valence-corrected chi connectivity index (χ0v) is 9.98. The Labute approximate surface area is 108 Å². The normalized spacial score (nSPS) is 11.6. The summed E-state index contributed by atoms with van der Waals surface area (Å²) in [4.78, 5) is 14.8. The molecule has 0 amide bonds. The van der Waals surface area contributed by atoms with Gasteiger partial charge in [0.1, 0.15) is 5.82 Å². The second-order valence-electron chi connectivity index (χ2n) is 3.59. The standard InChI is InChI=1S/C11H6F4N2OS/c12-6-3-5(1-2-7(6)16)9(18)8-4-17-10(19-8)11(13,14)15/h1-4H,16H2. The van der Waals surface area contributed by atoms with Crippen LogP contribution in [0, 0.1) is 5.82 Å². The summed E-state index contributed by atoms with van der Waals surface area (Å²) in [5.74, 6) is -1.53. The van der Waals surface area contributed by atoms with E-state index < -0.39 is 22.8 Å². The topological polar surface area (TPSA) is 56.0 Å². The summed E-state index contributed by atoms with van der Waals surface area (Å²) >= 11 is 0.213. The number of carbonyl (C=O) groups excluding carboxylic acids is 1. The van der Waals surface area contributed by atoms with Crippen molar-refractivity contribution in [1.29, 1.82) is 0 Å². The number of rotatable bonds is 2. The molecule has 1 heterocycles. The van der Waals surface area contributed by atoms with Gasteiger partial charge in [0.15, 0.2) is 5.01 Å². The van der Waals surface area contributed by atoms with Crippen LogP contribution in [0.2, 0.25) is 0 Å². The van der Waals surface area contributed by atoms with Gasteiger partial charge in [-0.25, -0.2) is 9.37 Å². The van der Waals surface area contributed by atoms with Crippen molar-refractivity contribution in [2.75, 3.05) is 5.73 Å². The number of halogens is 4. The van der Waals surface area contributed by atoms with Gasteiger partial charge in [0.05, 0.1) is 10.6 Å². The van der Waals surface area contributed by atoms with E-state index in [9.17, 15) is 22.4 Å². The molecule has 3 nitrogen and oxygen atoms in total. The second kappa shape index (κ2) is 4.61. The van der Waals surface area contributed by atoms with Crippen LogP contribution < -0.4 is 5.73 Å². The molecule has 100 valence electrons. The average molecular weight is 290 g/mol. The van der Waals surface area contributed by atoms with Crippen molar-refractivity contribution in [3.05, 3.63) is 45.7 Å². The lowest BCUT2D eigenvalue weighted by atomic mass is 10.1. The molecule has 19 heavy (non-hydrogen) atoms. The van der Waals surface area contributed by atoms with Crippen molar-refractivity contribution in [2.24, 2.45) is 0 Å². The summed E-state index contributed by atoms with van der Waals surface area (Å²) < 4.78 is 50.2. The van der Waals surface area contributed by atoms with Crippen molar-refractivity contribution in [2.45, 2.75) is 6.18 Å². The first-order valence-electron chi connectivity index (χ1n) is 4.92. The number of aromatic nitrogens is 1. The molecule has 2 rings (SSSR count). The third kappa shape index (κ3) is 2.73. The van der Waals surface area contributed by atoms with Crippen LogP contribution >= 0.6 is 11.3 Å².